The Bertz CT molecular complexity index is 1260. The number of aromatic nitrogens is 5. The van der Waals surface area contributed by atoms with Crippen molar-refractivity contribution in [3.8, 4) is 11.5 Å². The molecule has 0 amide bonds. The van der Waals surface area contributed by atoms with E-state index in [0.29, 0.717) is 23.7 Å². The van der Waals surface area contributed by atoms with Gasteiger partial charge in [-0.2, -0.15) is 13.2 Å². The highest BCUT2D eigenvalue weighted by molar-refractivity contribution is 5.83. The molecule has 3 unspecified atom stereocenters. The van der Waals surface area contributed by atoms with Crippen LogP contribution >= 0.6 is 0 Å². The number of alkyl halides is 3. The van der Waals surface area contributed by atoms with Crippen LogP contribution in [0.25, 0.3) is 17.2 Å². The highest BCUT2D eigenvalue weighted by atomic mass is 19.4. The second kappa shape index (κ2) is 8.46. The lowest BCUT2D eigenvalue weighted by Crippen LogP contribution is -2.63. The number of piperazine rings is 1. The number of anilines is 1. The van der Waals surface area contributed by atoms with Gasteiger partial charge in [0.1, 0.15) is 11.5 Å². The molecule has 0 saturated carbocycles. The Kier molecular flexibility index (Phi) is 5.59. The fourth-order valence-electron chi connectivity index (χ4n) is 4.96. The molecule has 0 bridgehead atoms. The Hall–Kier alpha value is -3.34. The van der Waals surface area contributed by atoms with Gasteiger partial charge in [0.25, 0.3) is 0 Å². The van der Waals surface area contributed by atoms with Crippen molar-refractivity contribution in [3.05, 3.63) is 48.2 Å². The highest BCUT2D eigenvalue weighted by Crippen LogP contribution is 2.32. The molecule has 3 atom stereocenters. The van der Waals surface area contributed by atoms with Crippen molar-refractivity contribution in [2.45, 2.75) is 45.1 Å². The van der Waals surface area contributed by atoms with Crippen molar-refractivity contribution >= 4 is 17.7 Å². The van der Waals surface area contributed by atoms with E-state index in [1.807, 2.05) is 12.3 Å². The molecule has 0 aliphatic carbocycles. The molecule has 2 aliphatic rings. The largest absolute Gasteiger partial charge is 0.434 e. The molecule has 178 valence electrons. The van der Waals surface area contributed by atoms with E-state index in [4.69, 9.17) is 4.98 Å². The number of likely N-dealkylation sites (N-methyl/N-ethyl adjacent to an activating group) is 1. The predicted octanol–water partition coefficient (Wildman–Crippen LogP) is 3.50. The zero-order chi connectivity index (χ0) is 24.0. The third-order valence-corrected chi connectivity index (χ3v) is 6.56. The maximum absolute atomic E-state index is 13.2. The normalized spacial score (nSPS) is 23.6. The van der Waals surface area contributed by atoms with Crippen LogP contribution in [0.3, 0.4) is 0 Å². The Morgan fingerprint density at radius 3 is 2.65 bits per heavy atom. The fourth-order valence-corrected chi connectivity index (χ4v) is 4.96. The topological polar surface area (TPSA) is 74.8 Å². The average Bonchev–Trinajstić information content (AvgIpc) is 3.49. The molecule has 0 aromatic carbocycles. The summed E-state index contributed by atoms with van der Waals surface area (Å²) in [6.45, 7) is 8.91. The van der Waals surface area contributed by atoms with E-state index in [0.717, 1.165) is 31.3 Å². The Labute approximate surface area is 194 Å². The first kappa shape index (κ1) is 22.5. The summed E-state index contributed by atoms with van der Waals surface area (Å²) in [6.07, 6.45) is 4.70. The summed E-state index contributed by atoms with van der Waals surface area (Å²) < 4.78 is 41.0. The standard InChI is InChI=1S/C23H25F3N8/c1-4-32-14(2)12-33(15(3)21(32)16-5-7-27-9-16)19-6-8-28-22(31-19)17-10-30-20-11-29-18(13-34(17)20)23(24,25)26/h5-6,8-11,13-15,21H,4,7,12H2,1-3H3. The first-order chi connectivity index (χ1) is 16.3. The lowest BCUT2D eigenvalue weighted by Gasteiger charge is -2.50. The number of fused-ring (bicyclic) bond motifs is 1. The van der Waals surface area contributed by atoms with Crippen molar-refractivity contribution < 1.29 is 13.2 Å². The van der Waals surface area contributed by atoms with Gasteiger partial charge in [-0.25, -0.2) is 19.9 Å². The van der Waals surface area contributed by atoms with Crippen LogP contribution in [0.4, 0.5) is 19.0 Å². The average molecular weight is 471 g/mol. The van der Waals surface area contributed by atoms with Crippen molar-refractivity contribution in [2.75, 3.05) is 24.5 Å². The summed E-state index contributed by atoms with van der Waals surface area (Å²) in [5.41, 5.74) is 0.875. The molecule has 11 heteroatoms. The van der Waals surface area contributed by atoms with Crippen LogP contribution in [0.5, 0.6) is 0 Å². The minimum absolute atomic E-state index is 0.109. The van der Waals surface area contributed by atoms with Crippen LogP contribution < -0.4 is 4.90 Å². The number of hydrogen-bond acceptors (Lipinski definition) is 7. The molecule has 5 rings (SSSR count). The van der Waals surface area contributed by atoms with Gasteiger partial charge in [0.2, 0.25) is 0 Å². The fraction of sp³-hybridized carbons (Fsp3) is 0.435. The van der Waals surface area contributed by atoms with Gasteiger partial charge in [0, 0.05) is 37.2 Å². The third-order valence-electron chi connectivity index (χ3n) is 6.56. The molecular weight excluding hydrogens is 445 g/mol. The van der Waals surface area contributed by atoms with Crippen LogP contribution in [0.1, 0.15) is 26.5 Å². The monoisotopic (exact) mass is 470 g/mol. The Morgan fingerprint density at radius 2 is 1.94 bits per heavy atom. The van der Waals surface area contributed by atoms with Gasteiger partial charge in [0.05, 0.1) is 25.0 Å². The maximum Gasteiger partial charge on any atom is 0.434 e. The molecule has 34 heavy (non-hydrogen) atoms. The molecule has 3 aromatic rings. The van der Waals surface area contributed by atoms with Crippen molar-refractivity contribution in [3.63, 3.8) is 0 Å². The molecule has 2 aliphatic heterocycles. The second-order valence-electron chi connectivity index (χ2n) is 8.60. The third kappa shape index (κ3) is 3.83. The van der Waals surface area contributed by atoms with Gasteiger partial charge < -0.3 is 4.90 Å². The SMILES string of the molecule is CCN1C(C)CN(c2ccnc(-c3cnc4cnc(C(F)(F)F)cn34)n2)C(C)C1C1=CCN=C1. The summed E-state index contributed by atoms with van der Waals surface area (Å²) >= 11 is 0. The summed E-state index contributed by atoms with van der Waals surface area (Å²) in [4.78, 5) is 25.9. The lowest BCUT2D eigenvalue weighted by atomic mass is 9.93. The van der Waals surface area contributed by atoms with E-state index in [2.05, 4.69) is 56.6 Å². The first-order valence-corrected chi connectivity index (χ1v) is 11.2. The van der Waals surface area contributed by atoms with Crippen LogP contribution in [-0.4, -0.2) is 73.2 Å². The van der Waals surface area contributed by atoms with Gasteiger partial charge in [-0.1, -0.05) is 13.0 Å². The maximum atomic E-state index is 13.2. The van der Waals surface area contributed by atoms with Crippen molar-refractivity contribution in [2.24, 2.45) is 4.99 Å². The molecule has 3 aromatic heterocycles. The minimum Gasteiger partial charge on any atom is -0.350 e. The van der Waals surface area contributed by atoms with E-state index in [-0.39, 0.29) is 18.1 Å². The van der Waals surface area contributed by atoms with Crippen LogP contribution in [0, 0.1) is 0 Å². The van der Waals surface area contributed by atoms with Crippen molar-refractivity contribution in [1.29, 1.82) is 0 Å². The van der Waals surface area contributed by atoms with Gasteiger partial charge in [-0.3, -0.25) is 14.3 Å². The smallest absolute Gasteiger partial charge is 0.350 e. The predicted molar refractivity (Wildman–Crippen MR) is 123 cm³/mol. The number of halogens is 3. The van der Waals surface area contributed by atoms with E-state index in [9.17, 15) is 13.2 Å². The van der Waals surface area contributed by atoms with Crippen LogP contribution in [0.2, 0.25) is 0 Å². The first-order valence-electron chi connectivity index (χ1n) is 11.2. The minimum atomic E-state index is -4.56. The lowest BCUT2D eigenvalue weighted by molar-refractivity contribution is -0.141. The number of rotatable bonds is 4. The molecule has 0 radical (unpaired) electrons. The van der Waals surface area contributed by atoms with Gasteiger partial charge in [-0.15, -0.1) is 0 Å². The second-order valence-corrected chi connectivity index (χ2v) is 8.60. The van der Waals surface area contributed by atoms with Gasteiger partial charge >= 0.3 is 6.18 Å². The zero-order valence-corrected chi connectivity index (χ0v) is 19.1. The molecule has 8 nitrogen and oxygen atoms in total. The molecule has 1 saturated heterocycles. The summed E-state index contributed by atoms with van der Waals surface area (Å²) in [7, 11) is 0. The number of imidazole rings is 1. The quantitative estimate of drug-likeness (QED) is 0.581. The number of hydrogen-bond donors (Lipinski definition) is 0. The molecular formula is C23H25F3N8. The Morgan fingerprint density at radius 1 is 1.12 bits per heavy atom. The summed E-state index contributed by atoms with van der Waals surface area (Å²) in [5, 5.41) is 0. The summed E-state index contributed by atoms with van der Waals surface area (Å²) in [6, 6.07) is 2.39. The number of nitrogens with zero attached hydrogens (tertiary/aromatic N) is 8. The Balaban J connectivity index is 1.53. The number of aliphatic imine (C=N–C) groups is 1. The van der Waals surface area contributed by atoms with Crippen LogP contribution in [-0.2, 0) is 6.18 Å². The molecule has 5 heterocycles. The van der Waals surface area contributed by atoms with Crippen molar-refractivity contribution in [1.82, 2.24) is 29.2 Å². The summed E-state index contributed by atoms with van der Waals surface area (Å²) in [5.74, 6) is 1.03. The van der Waals surface area contributed by atoms with E-state index in [1.165, 1.54) is 16.2 Å². The zero-order valence-electron chi connectivity index (χ0n) is 19.1. The van der Waals surface area contributed by atoms with E-state index in [1.54, 1.807) is 6.20 Å². The highest BCUT2D eigenvalue weighted by Gasteiger charge is 2.39. The van der Waals surface area contributed by atoms with Crippen LogP contribution in [0.15, 0.2) is 47.5 Å². The van der Waals surface area contributed by atoms with E-state index >= 15 is 0 Å². The molecule has 1 fully saturated rings. The molecule has 0 N–H and O–H groups in total. The van der Waals surface area contributed by atoms with E-state index < -0.39 is 11.9 Å². The molecule has 0 spiro atoms. The van der Waals surface area contributed by atoms with Gasteiger partial charge in [-0.05, 0) is 32.0 Å². The van der Waals surface area contributed by atoms with Gasteiger partial charge in [0.15, 0.2) is 17.2 Å².